The second-order valence-electron chi connectivity index (χ2n) is 4.68. The van der Waals surface area contributed by atoms with Crippen molar-refractivity contribution >= 4 is 27.5 Å². The quantitative estimate of drug-likeness (QED) is 0.787. The highest BCUT2D eigenvalue weighted by molar-refractivity contribution is 7.89. The average molecular weight is 333 g/mol. The summed E-state index contributed by atoms with van der Waals surface area (Å²) in [4.78, 5) is 13.2. The van der Waals surface area contributed by atoms with Crippen LogP contribution in [0, 0.1) is 0 Å². The Morgan fingerprint density at radius 1 is 1.33 bits per heavy atom. The van der Waals surface area contributed by atoms with E-state index in [9.17, 15) is 13.2 Å². The van der Waals surface area contributed by atoms with Crippen LogP contribution in [0.2, 0.25) is 5.02 Å². The minimum atomic E-state index is -3.22. The first-order valence-electron chi connectivity index (χ1n) is 6.81. The molecule has 0 aliphatic carbocycles. The summed E-state index contributed by atoms with van der Waals surface area (Å²) in [7, 11) is -3.22. The largest absolute Gasteiger partial charge is 0.341 e. The third-order valence-electron chi connectivity index (χ3n) is 3.09. The maximum absolute atomic E-state index is 11.6. The van der Waals surface area contributed by atoms with Crippen molar-refractivity contribution in [3.8, 4) is 0 Å². The Hall–Kier alpha value is -1.11. The van der Waals surface area contributed by atoms with Crippen molar-refractivity contribution in [2.24, 2.45) is 0 Å². The van der Waals surface area contributed by atoms with E-state index in [1.54, 1.807) is 17.9 Å². The third kappa shape index (κ3) is 6.93. The first-order chi connectivity index (χ1) is 9.84. The zero-order valence-electron chi connectivity index (χ0n) is 12.3. The van der Waals surface area contributed by atoms with Gasteiger partial charge in [-0.05, 0) is 31.0 Å². The van der Waals surface area contributed by atoms with Crippen LogP contribution in [0.5, 0.6) is 0 Å². The van der Waals surface area contributed by atoms with Crippen LogP contribution in [0.4, 0.5) is 0 Å². The van der Waals surface area contributed by atoms with E-state index in [0.717, 1.165) is 5.56 Å². The molecule has 0 unspecified atom stereocenters. The molecule has 0 saturated heterocycles. The number of benzene rings is 1. The van der Waals surface area contributed by atoms with Crippen LogP contribution >= 0.6 is 11.6 Å². The number of nitrogens with one attached hydrogen (secondary N) is 1. The highest BCUT2D eigenvalue weighted by atomic mass is 35.5. The molecular formula is C14H21ClN2O3S. The minimum absolute atomic E-state index is 0.0373. The summed E-state index contributed by atoms with van der Waals surface area (Å²) in [5.41, 5.74) is 1.04. The Morgan fingerprint density at radius 2 is 2.05 bits per heavy atom. The number of sulfonamides is 1. The molecule has 1 N–H and O–H groups in total. The molecule has 0 aromatic heterocycles. The number of amides is 1. The smallest absolute Gasteiger partial charge is 0.219 e. The second-order valence-corrected chi connectivity index (χ2v) is 7.22. The fourth-order valence-electron chi connectivity index (χ4n) is 1.82. The van der Waals surface area contributed by atoms with Crippen molar-refractivity contribution in [1.82, 2.24) is 9.62 Å². The number of hydrogen-bond donors (Lipinski definition) is 1. The topological polar surface area (TPSA) is 66.5 Å². The van der Waals surface area contributed by atoms with Gasteiger partial charge < -0.3 is 4.90 Å². The van der Waals surface area contributed by atoms with Gasteiger partial charge in [0.25, 0.3) is 0 Å². The second kappa shape index (κ2) is 8.36. The molecule has 0 spiro atoms. The fourth-order valence-corrected chi connectivity index (χ4v) is 2.64. The predicted octanol–water partition coefficient (Wildman–Crippen LogP) is 1.67. The zero-order chi connectivity index (χ0) is 15.9. The molecule has 7 heteroatoms. The lowest BCUT2D eigenvalue weighted by molar-refractivity contribution is -0.128. The fraction of sp³-hybridized carbons (Fsp3) is 0.500. The van der Waals surface area contributed by atoms with Crippen molar-refractivity contribution < 1.29 is 13.2 Å². The van der Waals surface area contributed by atoms with Crippen LogP contribution in [0.1, 0.15) is 19.4 Å². The normalized spacial score (nSPS) is 11.4. The van der Waals surface area contributed by atoms with Gasteiger partial charge in [0.2, 0.25) is 15.9 Å². The Morgan fingerprint density at radius 3 is 2.62 bits per heavy atom. The van der Waals surface area contributed by atoms with Crippen molar-refractivity contribution in [1.29, 1.82) is 0 Å². The summed E-state index contributed by atoms with van der Waals surface area (Å²) in [6.07, 6.45) is 0.681. The molecule has 0 radical (unpaired) electrons. The van der Waals surface area contributed by atoms with Gasteiger partial charge in [-0.3, -0.25) is 4.79 Å². The molecule has 0 bridgehead atoms. The molecule has 0 aliphatic heterocycles. The molecule has 5 nitrogen and oxygen atoms in total. The van der Waals surface area contributed by atoms with Crippen molar-refractivity contribution in [2.75, 3.05) is 25.4 Å². The summed E-state index contributed by atoms with van der Waals surface area (Å²) < 4.78 is 25.1. The summed E-state index contributed by atoms with van der Waals surface area (Å²) >= 11 is 5.92. The Kier molecular flexibility index (Phi) is 7.14. The van der Waals surface area contributed by atoms with Gasteiger partial charge in [0, 0.05) is 31.6 Å². The maximum Gasteiger partial charge on any atom is 0.219 e. The van der Waals surface area contributed by atoms with Gasteiger partial charge in [0.1, 0.15) is 0 Å². The monoisotopic (exact) mass is 332 g/mol. The number of rotatable bonds is 8. The van der Waals surface area contributed by atoms with E-state index in [2.05, 4.69) is 4.72 Å². The Balaban J connectivity index is 2.49. The summed E-state index contributed by atoms with van der Waals surface area (Å²) in [6.45, 7) is 4.17. The molecule has 0 aliphatic rings. The maximum atomic E-state index is 11.6. The lowest BCUT2D eigenvalue weighted by atomic mass is 10.1. The van der Waals surface area contributed by atoms with E-state index < -0.39 is 10.0 Å². The molecule has 1 amide bonds. The van der Waals surface area contributed by atoms with Crippen LogP contribution in [-0.2, 0) is 21.2 Å². The Labute approximate surface area is 131 Å². The van der Waals surface area contributed by atoms with Crippen molar-refractivity contribution in [3.63, 3.8) is 0 Å². The number of halogens is 1. The van der Waals surface area contributed by atoms with Crippen LogP contribution in [0.25, 0.3) is 0 Å². The molecule has 0 atom stereocenters. The SMILES string of the molecule is CCS(=O)(=O)NCCN(CCc1cccc(Cl)c1)C(C)=O. The van der Waals surface area contributed by atoms with E-state index in [-0.39, 0.29) is 18.2 Å². The molecule has 1 aromatic carbocycles. The van der Waals surface area contributed by atoms with Gasteiger partial charge in [-0.15, -0.1) is 0 Å². The number of carbonyl (C=O) groups excluding carboxylic acids is 1. The van der Waals surface area contributed by atoms with Crippen LogP contribution in [0.3, 0.4) is 0 Å². The van der Waals surface area contributed by atoms with Gasteiger partial charge in [0.05, 0.1) is 5.75 Å². The minimum Gasteiger partial charge on any atom is -0.341 e. The van der Waals surface area contributed by atoms with Gasteiger partial charge in [-0.2, -0.15) is 0 Å². The van der Waals surface area contributed by atoms with Gasteiger partial charge in [-0.1, -0.05) is 23.7 Å². The van der Waals surface area contributed by atoms with Crippen molar-refractivity contribution in [2.45, 2.75) is 20.3 Å². The van der Waals surface area contributed by atoms with E-state index in [1.165, 1.54) is 6.92 Å². The summed E-state index contributed by atoms with van der Waals surface area (Å²) in [6, 6.07) is 7.47. The van der Waals surface area contributed by atoms with Gasteiger partial charge in [-0.25, -0.2) is 13.1 Å². The number of nitrogens with zero attached hydrogens (tertiary/aromatic N) is 1. The molecule has 1 rings (SSSR count). The van der Waals surface area contributed by atoms with Gasteiger partial charge in [0.15, 0.2) is 0 Å². The first-order valence-corrected chi connectivity index (χ1v) is 8.84. The average Bonchev–Trinajstić information content (AvgIpc) is 2.42. The zero-order valence-corrected chi connectivity index (χ0v) is 13.9. The summed E-state index contributed by atoms with van der Waals surface area (Å²) in [5, 5.41) is 0.664. The third-order valence-corrected chi connectivity index (χ3v) is 4.73. The standard InChI is InChI=1S/C14H21ClN2O3S/c1-3-21(19,20)16-8-10-17(12(2)18)9-7-13-5-4-6-14(15)11-13/h4-6,11,16H,3,7-10H2,1-2H3. The lowest BCUT2D eigenvalue weighted by Crippen LogP contribution is -2.38. The molecular weight excluding hydrogens is 312 g/mol. The first kappa shape index (κ1) is 17.9. The molecule has 0 fully saturated rings. The lowest BCUT2D eigenvalue weighted by Gasteiger charge is -2.21. The predicted molar refractivity (Wildman–Crippen MR) is 84.9 cm³/mol. The van der Waals surface area contributed by atoms with Crippen molar-refractivity contribution in [3.05, 3.63) is 34.9 Å². The molecule has 0 saturated carbocycles. The van der Waals surface area contributed by atoms with E-state index in [1.807, 2.05) is 18.2 Å². The van der Waals surface area contributed by atoms with E-state index >= 15 is 0 Å². The van der Waals surface area contributed by atoms with Crippen LogP contribution < -0.4 is 4.72 Å². The highest BCUT2D eigenvalue weighted by Gasteiger charge is 2.11. The van der Waals surface area contributed by atoms with Crippen LogP contribution in [-0.4, -0.2) is 44.6 Å². The Bertz CT molecular complexity index is 575. The van der Waals surface area contributed by atoms with E-state index in [0.29, 0.717) is 24.5 Å². The molecule has 118 valence electrons. The molecule has 21 heavy (non-hydrogen) atoms. The van der Waals surface area contributed by atoms with Crippen LogP contribution in [0.15, 0.2) is 24.3 Å². The molecule has 0 heterocycles. The summed E-state index contributed by atoms with van der Waals surface area (Å²) in [5.74, 6) is -0.0389. The van der Waals surface area contributed by atoms with E-state index in [4.69, 9.17) is 11.6 Å². The number of hydrogen-bond acceptors (Lipinski definition) is 3. The molecule has 1 aromatic rings. The highest BCUT2D eigenvalue weighted by Crippen LogP contribution is 2.11. The van der Waals surface area contributed by atoms with Gasteiger partial charge >= 0.3 is 0 Å². The number of carbonyl (C=O) groups is 1.